The van der Waals surface area contributed by atoms with Gasteiger partial charge in [0.25, 0.3) is 5.92 Å². The molecule has 18 heavy (non-hydrogen) atoms. The molecule has 0 radical (unpaired) electrons. The van der Waals surface area contributed by atoms with E-state index in [0.29, 0.717) is 13.1 Å². The number of pyridine rings is 1. The second-order valence-corrected chi connectivity index (χ2v) is 6.70. The maximum Gasteiger partial charge on any atom is 0.258 e. The molecule has 0 N–H and O–H groups in total. The van der Waals surface area contributed by atoms with E-state index in [1.165, 1.54) is 0 Å². The summed E-state index contributed by atoms with van der Waals surface area (Å²) in [6.45, 7) is 7.31. The number of nitrogens with zero attached hydrogens (tertiary/aromatic N) is 2. The van der Waals surface area contributed by atoms with Crippen LogP contribution < -0.4 is 4.90 Å². The summed E-state index contributed by atoms with van der Waals surface area (Å²) in [6, 6.07) is 2.07. The van der Waals surface area contributed by atoms with Crippen molar-refractivity contribution in [3.05, 3.63) is 24.0 Å². The van der Waals surface area contributed by atoms with E-state index in [0.717, 1.165) is 11.3 Å². The topological polar surface area (TPSA) is 16.1 Å². The molecule has 1 aliphatic heterocycles. The molecule has 3 rings (SSSR count). The largest absolute Gasteiger partial charge is 0.369 e. The molecule has 2 fully saturated rings. The van der Waals surface area contributed by atoms with Gasteiger partial charge in [-0.3, -0.25) is 4.98 Å². The third-order valence-corrected chi connectivity index (χ3v) is 4.15. The van der Waals surface area contributed by atoms with Gasteiger partial charge in [0.15, 0.2) is 0 Å². The van der Waals surface area contributed by atoms with E-state index in [4.69, 9.17) is 0 Å². The van der Waals surface area contributed by atoms with E-state index < -0.39 is 11.3 Å². The molecule has 0 atom stereocenters. The smallest absolute Gasteiger partial charge is 0.258 e. The molecule has 0 amide bonds. The number of aromatic nitrogens is 1. The predicted octanol–water partition coefficient (Wildman–Crippen LogP) is 3.22. The number of hydrogen-bond acceptors (Lipinski definition) is 2. The molecule has 1 saturated heterocycles. The minimum atomic E-state index is -2.43. The second-order valence-electron chi connectivity index (χ2n) is 6.70. The molecule has 1 spiro atoms. The van der Waals surface area contributed by atoms with Crippen molar-refractivity contribution in [2.75, 3.05) is 18.0 Å². The van der Waals surface area contributed by atoms with Crippen LogP contribution in [-0.2, 0) is 5.41 Å². The highest BCUT2D eigenvalue weighted by Gasteiger charge is 2.75. The van der Waals surface area contributed by atoms with Crippen LogP contribution in [0.15, 0.2) is 18.5 Å². The van der Waals surface area contributed by atoms with Gasteiger partial charge in [0, 0.05) is 25.7 Å². The number of halogens is 2. The Morgan fingerprint density at radius 2 is 1.83 bits per heavy atom. The Morgan fingerprint density at radius 1 is 1.22 bits per heavy atom. The van der Waals surface area contributed by atoms with Crippen molar-refractivity contribution < 1.29 is 8.78 Å². The number of hydrogen-bond donors (Lipinski definition) is 0. The summed E-state index contributed by atoms with van der Waals surface area (Å²) in [5.41, 5.74) is 1.43. The first-order valence-corrected chi connectivity index (χ1v) is 6.32. The summed E-state index contributed by atoms with van der Waals surface area (Å²) in [4.78, 5) is 6.23. The fourth-order valence-corrected chi connectivity index (χ4v) is 2.60. The first-order valence-electron chi connectivity index (χ1n) is 6.32. The van der Waals surface area contributed by atoms with Crippen molar-refractivity contribution in [1.29, 1.82) is 0 Å². The van der Waals surface area contributed by atoms with Gasteiger partial charge in [0.2, 0.25) is 0 Å². The van der Waals surface area contributed by atoms with Crippen LogP contribution in [0.5, 0.6) is 0 Å². The molecule has 1 aromatic rings. The third-order valence-electron chi connectivity index (χ3n) is 4.15. The van der Waals surface area contributed by atoms with Crippen molar-refractivity contribution in [3.8, 4) is 0 Å². The van der Waals surface area contributed by atoms with Crippen molar-refractivity contribution in [2.45, 2.75) is 38.5 Å². The fraction of sp³-hybridized carbons (Fsp3) is 0.643. The van der Waals surface area contributed by atoms with E-state index in [2.05, 4.69) is 31.8 Å². The van der Waals surface area contributed by atoms with Gasteiger partial charge in [0.05, 0.1) is 17.3 Å². The van der Waals surface area contributed by atoms with Gasteiger partial charge in [-0.15, -0.1) is 0 Å². The number of alkyl halides is 2. The molecule has 98 valence electrons. The quantitative estimate of drug-likeness (QED) is 0.763. The zero-order chi connectivity index (χ0) is 13.2. The van der Waals surface area contributed by atoms with Gasteiger partial charge in [0.1, 0.15) is 0 Å². The van der Waals surface area contributed by atoms with Crippen LogP contribution in [0.2, 0.25) is 0 Å². The lowest BCUT2D eigenvalue weighted by molar-refractivity contribution is 0.0520. The maximum atomic E-state index is 13.1. The molecule has 1 aromatic heterocycles. The Labute approximate surface area is 106 Å². The van der Waals surface area contributed by atoms with Crippen LogP contribution >= 0.6 is 0 Å². The molecule has 0 bridgehead atoms. The Balaban J connectivity index is 1.76. The number of rotatable bonds is 1. The average molecular weight is 252 g/mol. The summed E-state index contributed by atoms with van der Waals surface area (Å²) < 4.78 is 26.3. The monoisotopic (exact) mass is 252 g/mol. The normalized spacial score (nSPS) is 23.9. The Kier molecular flexibility index (Phi) is 2.13. The summed E-state index contributed by atoms with van der Waals surface area (Å²) in [7, 11) is 0. The van der Waals surface area contributed by atoms with E-state index in [1.54, 1.807) is 6.20 Å². The highest BCUT2D eigenvalue weighted by Crippen LogP contribution is 2.65. The van der Waals surface area contributed by atoms with Gasteiger partial charge >= 0.3 is 0 Å². The first kappa shape index (κ1) is 11.9. The highest BCUT2D eigenvalue weighted by atomic mass is 19.3. The fourth-order valence-electron chi connectivity index (χ4n) is 2.60. The molecular formula is C14H18F2N2. The van der Waals surface area contributed by atoms with Gasteiger partial charge in [-0.25, -0.2) is 8.78 Å². The number of anilines is 1. The average Bonchev–Trinajstić information content (AvgIpc) is 2.79. The maximum absolute atomic E-state index is 13.1. The molecule has 1 aliphatic carbocycles. The minimum Gasteiger partial charge on any atom is -0.369 e. The van der Waals surface area contributed by atoms with Gasteiger partial charge in [-0.05, 0) is 17.0 Å². The van der Waals surface area contributed by atoms with Gasteiger partial charge in [-0.2, -0.15) is 0 Å². The molecule has 0 unspecified atom stereocenters. The van der Waals surface area contributed by atoms with Crippen LogP contribution in [0, 0.1) is 5.41 Å². The van der Waals surface area contributed by atoms with Crippen LogP contribution in [0.1, 0.15) is 32.8 Å². The van der Waals surface area contributed by atoms with Crippen LogP contribution in [0.3, 0.4) is 0 Å². The lowest BCUT2D eigenvalue weighted by Crippen LogP contribution is -2.51. The summed E-state index contributed by atoms with van der Waals surface area (Å²) in [5, 5.41) is 0. The minimum absolute atomic E-state index is 0.0368. The van der Waals surface area contributed by atoms with Gasteiger partial charge < -0.3 is 4.90 Å². The van der Waals surface area contributed by atoms with Crippen LogP contribution in [0.4, 0.5) is 14.5 Å². The van der Waals surface area contributed by atoms with E-state index in [1.807, 2.05) is 11.1 Å². The summed E-state index contributed by atoms with van der Waals surface area (Å²) in [5.74, 6) is -2.43. The standard InChI is InChI=1S/C14H18F2N2/c1-12(2,3)10-4-11(6-17-5-10)18-8-13(9-18)7-14(13,15)16/h4-6H,7-9H2,1-3H3. The molecule has 2 aliphatic rings. The van der Waals surface area contributed by atoms with Crippen molar-refractivity contribution in [3.63, 3.8) is 0 Å². The lowest BCUT2D eigenvalue weighted by atomic mass is 9.87. The summed E-state index contributed by atoms with van der Waals surface area (Å²) >= 11 is 0. The predicted molar refractivity (Wildman–Crippen MR) is 67.1 cm³/mol. The molecular weight excluding hydrogens is 234 g/mol. The Hall–Kier alpha value is -1.19. The van der Waals surface area contributed by atoms with Crippen molar-refractivity contribution in [2.24, 2.45) is 5.41 Å². The van der Waals surface area contributed by atoms with Crippen LogP contribution in [0.25, 0.3) is 0 Å². The lowest BCUT2D eigenvalue weighted by Gasteiger charge is -2.41. The SMILES string of the molecule is CC(C)(C)c1cncc(N2CC3(C2)CC3(F)F)c1. The second kappa shape index (κ2) is 3.22. The molecule has 2 heterocycles. The first-order chi connectivity index (χ1) is 8.24. The summed E-state index contributed by atoms with van der Waals surface area (Å²) in [6.07, 6.45) is 3.68. The van der Waals surface area contributed by atoms with E-state index >= 15 is 0 Å². The third kappa shape index (κ3) is 1.62. The van der Waals surface area contributed by atoms with Gasteiger partial charge in [-0.1, -0.05) is 20.8 Å². The van der Waals surface area contributed by atoms with Crippen LogP contribution in [-0.4, -0.2) is 24.0 Å². The van der Waals surface area contributed by atoms with E-state index in [9.17, 15) is 8.78 Å². The van der Waals surface area contributed by atoms with E-state index in [-0.39, 0.29) is 11.8 Å². The molecule has 0 aromatic carbocycles. The zero-order valence-electron chi connectivity index (χ0n) is 11.0. The Morgan fingerprint density at radius 3 is 2.33 bits per heavy atom. The molecule has 4 heteroatoms. The molecule has 2 nitrogen and oxygen atoms in total. The molecule has 1 saturated carbocycles. The highest BCUT2D eigenvalue weighted by molar-refractivity contribution is 5.52. The zero-order valence-corrected chi connectivity index (χ0v) is 11.0. The Bertz CT molecular complexity index is 485. The van der Waals surface area contributed by atoms with Crippen molar-refractivity contribution in [1.82, 2.24) is 4.98 Å². The van der Waals surface area contributed by atoms with Crippen molar-refractivity contribution >= 4 is 5.69 Å².